The third kappa shape index (κ3) is 3.98. The molecule has 23 heavy (non-hydrogen) atoms. The molecule has 2 aromatic rings. The summed E-state index contributed by atoms with van der Waals surface area (Å²) in [6.07, 6.45) is 1.89. The second-order valence-corrected chi connectivity index (χ2v) is 6.78. The number of hydrogen-bond acceptors (Lipinski definition) is 3. The highest BCUT2D eigenvalue weighted by atomic mass is 32.1. The van der Waals surface area contributed by atoms with Gasteiger partial charge in [-0.2, -0.15) is 11.3 Å². The summed E-state index contributed by atoms with van der Waals surface area (Å²) in [7, 11) is 0. The highest BCUT2D eigenvalue weighted by Crippen LogP contribution is 2.25. The van der Waals surface area contributed by atoms with Gasteiger partial charge in [0.25, 0.3) is 0 Å². The van der Waals surface area contributed by atoms with Gasteiger partial charge in [0, 0.05) is 38.3 Å². The summed E-state index contributed by atoms with van der Waals surface area (Å²) in [5, 5.41) is 4.29. The number of halogens is 1. The van der Waals surface area contributed by atoms with Crippen LogP contribution in [0.3, 0.4) is 0 Å². The fourth-order valence-corrected chi connectivity index (χ4v) is 3.89. The van der Waals surface area contributed by atoms with Crippen molar-refractivity contribution in [3.8, 4) is 0 Å². The number of amides is 1. The van der Waals surface area contributed by atoms with E-state index in [9.17, 15) is 9.18 Å². The monoisotopic (exact) mass is 332 g/mol. The van der Waals surface area contributed by atoms with Crippen LogP contribution in [0, 0.1) is 5.82 Å². The number of benzene rings is 1. The van der Waals surface area contributed by atoms with Crippen LogP contribution in [-0.4, -0.2) is 29.9 Å². The Morgan fingerprint density at radius 1 is 1.26 bits per heavy atom. The lowest BCUT2D eigenvalue weighted by molar-refractivity contribution is -0.117. The maximum atomic E-state index is 13.1. The van der Waals surface area contributed by atoms with E-state index in [1.807, 2.05) is 4.90 Å². The number of nitrogens with zero attached hydrogens (tertiary/aromatic N) is 2. The number of carbonyl (C=O) groups excluding carboxylic acids is 1. The molecule has 1 aromatic carbocycles. The molecule has 3 nitrogen and oxygen atoms in total. The van der Waals surface area contributed by atoms with Crippen LogP contribution in [0.2, 0.25) is 0 Å². The number of hydrogen-bond donors (Lipinski definition) is 0. The van der Waals surface area contributed by atoms with E-state index in [2.05, 4.69) is 21.7 Å². The van der Waals surface area contributed by atoms with Crippen LogP contribution in [0.1, 0.15) is 25.3 Å². The van der Waals surface area contributed by atoms with E-state index in [0.29, 0.717) is 0 Å². The van der Waals surface area contributed by atoms with Crippen molar-refractivity contribution in [2.24, 2.45) is 0 Å². The first-order valence-corrected chi connectivity index (χ1v) is 8.86. The van der Waals surface area contributed by atoms with Crippen molar-refractivity contribution in [2.75, 3.05) is 18.0 Å². The lowest BCUT2D eigenvalue weighted by Crippen LogP contribution is -2.46. The highest BCUT2D eigenvalue weighted by Gasteiger charge is 2.27. The Morgan fingerprint density at radius 2 is 1.96 bits per heavy atom. The molecule has 0 saturated carbocycles. The lowest BCUT2D eigenvalue weighted by Gasteiger charge is -2.38. The maximum Gasteiger partial charge on any atom is 0.224 e. The van der Waals surface area contributed by atoms with Gasteiger partial charge in [-0.3, -0.25) is 9.69 Å². The van der Waals surface area contributed by atoms with Crippen LogP contribution in [-0.2, 0) is 11.3 Å². The van der Waals surface area contributed by atoms with Crippen molar-refractivity contribution < 1.29 is 9.18 Å². The van der Waals surface area contributed by atoms with Crippen LogP contribution in [0.25, 0.3) is 0 Å². The van der Waals surface area contributed by atoms with E-state index in [4.69, 9.17) is 0 Å². The standard InChI is InChI=1S/C18H21FN2OS/c1-14(22)21(17-4-2-16(19)3-5-17)18-6-9-20(10-7-18)12-15-8-11-23-13-15/h2-5,8,11,13,18H,6-7,9-10,12H2,1H3. The summed E-state index contributed by atoms with van der Waals surface area (Å²) in [6.45, 7) is 4.52. The molecular formula is C18H21FN2OS. The van der Waals surface area contributed by atoms with Crippen molar-refractivity contribution in [1.29, 1.82) is 0 Å². The molecule has 0 radical (unpaired) electrons. The number of likely N-dealkylation sites (tertiary alicyclic amines) is 1. The predicted molar refractivity (Wildman–Crippen MR) is 92.2 cm³/mol. The molecule has 2 heterocycles. The van der Waals surface area contributed by atoms with E-state index in [1.54, 1.807) is 30.4 Å². The summed E-state index contributed by atoms with van der Waals surface area (Å²) >= 11 is 1.73. The van der Waals surface area contributed by atoms with Crippen LogP contribution in [0.15, 0.2) is 41.1 Å². The van der Waals surface area contributed by atoms with Crippen LogP contribution >= 0.6 is 11.3 Å². The Hall–Kier alpha value is -1.72. The molecule has 0 spiro atoms. The van der Waals surface area contributed by atoms with Gasteiger partial charge in [0.05, 0.1) is 0 Å². The maximum absolute atomic E-state index is 13.1. The van der Waals surface area contributed by atoms with E-state index < -0.39 is 0 Å². The van der Waals surface area contributed by atoms with E-state index in [0.717, 1.165) is 38.2 Å². The first kappa shape index (κ1) is 16.1. The van der Waals surface area contributed by atoms with Gasteiger partial charge in [-0.05, 0) is 59.5 Å². The lowest BCUT2D eigenvalue weighted by atomic mass is 10.0. The molecule has 1 aromatic heterocycles. The average molecular weight is 332 g/mol. The molecule has 0 unspecified atom stereocenters. The topological polar surface area (TPSA) is 23.6 Å². The van der Waals surface area contributed by atoms with Crippen LogP contribution < -0.4 is 4.90 Å². The zero-order valence-corrected chi connectivity index (χ0v) is 14.1. The van der Waals surface area contributed by atoms with Gasteiger partial charge in [0.1, 0.15) is 5.82 Å². The minimum atomic E-state index is -0.275. The quantitative estimate of drug-likeness (QED) is 0.848. The molecule has 3 rings (SSSR count). The molecule has 0 bridgehead atoms. The van der Waals surface area contributed by atoms with Crippen molar-refractivity contribution in [3.63, 3.8) is 0 Å². The normalized spacial score (nSPS) is 16.4. The largest absolute Gasteiger partial charge is 0.310 e. The van der Waals surface area contributed by atoms with Gasteiger partial charge >= 0.3 is 0 Å². The fraction of sp³-hybridized carbons (Fsp3) is 0.389. The number of anilines is 1. The van der Waals surface area contributed by atoms with E-state index in [1.165, 1.54) is 17.7 Å². The number of piperidine rings is 1. The summed E-state index contributed by atoms with van der Waals surface area (Å²) in [5.74, 6) is -0.254. The van der Waals surface area contributed by atoms with Crippen molar-refractivity contribution in [3.05, 3.63) is 52.5 Å². The second kappa shape index (κ2) is 7.23. The number of carbonyl (C=O) groups is 1. The summed E-state index contributed by atoms with van der Waals surface area (Å²) in [6, 6.07) is 8.56. The minimum Gasteiger partial charge on any atom is -0.310 e. The second-order valence-electron chi connectivity index (χ2n) is 6.00. The smallest absolute Gasteiger partial charge is 0.224 e. The summed E-state index contributed by atoms with van der Waals surface area (Å²) in [5.41, 5.74) is 2.14. The fourth-order valence-electron chi connectivity index (χ4n) is 3.23. The average Bonchev–Trinajstić information content (AvgIpc) is 3.04. The Balaban J connectivity index is 1.64. The molecule has 5 heteroatoms. The van der Waals surface area contributed by atoms with E-state index in [-0.39, 0.29) is 17.8 Å². The molecule has 122 valence electrons. The van der Waals surface area contributed by atoms with Crippen LogP contribution in [0.5, 0.6) is 0 Å². The summed E-state index contributed by atoms with van der Waals surface area (Å²) in [4.78, 5) is 16.3. The van der Waals surface area contributed by atoms with Gasteiger partial charge in [-0.15, -0.1) is 0 Å². The first-order chi connectivity index (χ1) is 11.1. The third-order valence-electron chi connectivity index (χ3n) is 4.35. The third-order valence-corrected chi connectivity index (χ3v) is 5.08. The molecular weight excluding hydrogens is 311 g/mol. The molecule has 1 amide bonds. The Kier molecular flexibility index (Phi) is 5.08. The van der Waals surface area contributed by atoms with Crippen molar-refractivity contribution in [1.82, 2.24) is 4.90 Å². The highest BCUT2D eigenvalue weighted by molar-refractivity contribution is 7.07. The van der Waals surface area contributed by atoms with Crippen molar-refractivity contribution >= 4 is 22.9 Å². The molecule has 1 saturated heterocycles. The van der Waals surface area contributed by atoms with Gasteiger partial charge in [0.2, 0.25) is 5.91 Å². The zero-order chi connectivity index (χ0) is 16.2. The Morgan fingerprint density at radius 3 is 2.52 bits per heavy atom. The SMILES string of the molecule is CC(=O)N(c1ccc(F)cc1)C1CCN(Cc2ccsc2)CC1. The molecule has 1 aliphatic rings. The molecule has 0 atom stereocenters. The summed E-state index contributed by atoms with van der Waals surface area (Å²) < 4.78 is 13.1. The molecule has 0 N–H and O–H groups in total. The van der Waals surface area contributed by atoms with Gasteiger partial charge < -0.3 is 4.90 Å². The van der Waals surface area contributed by atoms with Gasteiger partial charge in [-0.1, -0.05) is 0 Å². The van der Waals surface area contributed by atoms with Crippen molar-refractivity contribution in [2.45, 2.75) is 32.4 Å². The molecule has 1 aliphatic heterocycles. The van der Waals surface area contributed by atoms with E-state index >= 15 is 0 Å². The molecule has 0 aliphatic carbocycles. The van der Waals surface area contributed by atoms with Crippen LogP contribution in [0.4, 0.5) is 10.1 Å². The minimum absolute atomic E-state index is 0.0212. The van der Waals surface area contributed by atoms with Gasteiger partial charge in [-0.25, -0.2) is 4.39 Å². The molecule has 1 fully saturated rings. The number of rotatable bonds is 4. The Labute approximate surface area is 140 Å². The Bertz CT molecular complexity index is 634. The first-order valence-electron chi connectivity index (χ1n) is 7.92. The number of thiophene rings is 1. The predicted octanol–water partition coefficient (Wildman–Crippen LogP) is 3.90. The zero-order valence-electron chi connectivity index (χ0n) is 13.2. The van der Waals surface area contributed by atoms with Gasteiger partial charge in [0.15, 0.2) is 0 Å².